The summed E-state index contributed by atoms with van der Waals surface area (Å²) in [5.41, 5.74) is 1.27. The van der Waals surface area contributed by atoms with E-state index in [4.69, 9.17) is 5.11 Å². The minimum atomic E-state index is -0.988. The van der Waals surface area contributed by atoms with Gasteiger partial charge in [-0.25, -0.2) is 4.79 Å². The molecule has 17 heavy (non-hydrogen) atoms. The lowest BCUT2D eigenvalue weighted by Crippen LogP contribution is -2.23. The van der Waals surface area contributed by atoms with Gasteiger partial charge in [0.05, 0.1) is 10.9 Å². The Morgan fingerprint density at radius 1 is 1.53 bits per heavy atom. The van der Waals surface area contributed by atoms with Gasteiger partial charge in [-0.15, -0.1) is 23.1 Å². The van der Waals surface area contributed by atoms with Crippen LogP contribution >= 0.6 is 23.1 Å². The molecule has 1 amide bonds. The molecule has 0 aliphatic carbocycles. The van der Waals surface area contributed by atoms with Gasteiger partial charge in [0.2, 0.25) is 5.91 Å². The van der Waals surface area contributed by atoms with E-state index in [0.29, 0.717) is 5.69 Å². The number of aromatic carboxylic acids is 1. The van der Waals surface area contributed by atoms with Crippen LogP contribution in [0.4, 0.5) is 5.69 Å². The molecule has 1 aliphatic rings. The topological polar surface area (TPSA) is 66.4 Å². The highest BCUT2D eigenvalue weighted by molar-refractivity contribution is 8.00. The van der Waals surface area contributed by atoms with E-state index < -0.39 is 5.97 Å². The van der Waals surface area contributed by atoms with E-state index in [2.05, 4.69) is 5.32 Å². The fraction of sp³-hybridized carbons (Fsp3) is 0.455. The average Bonchev–Trinajstić information content (AvgIpc) is 2.89. The maximum Gasteiger partial charge on any atom is 0.348 e. The molecule has 1 unspecified atom stereocenters. The monoisotopic (exact) mass is 271 g/mol. The molecule has 0 bridgehead atoms. The van der Waals surface area contributed by atoms with Gasteiger partial charge in [0.25, 0.3) is 0 Å². The Labute approximate surface area is 107 Å². The molecule has 1 atom stereocenters. The van der Waals surface area contributed by atoms with Gasteiger partial charge in [0.1, 0.15) is 4.88 Å². The van der Waals surface area contributed by atoms with Gasteiger partial charge in [0.15, 0.2) is 0 Å². The molecule has 2 N–H and O–H groups in total. The molecular formula is C11H13NO3S2. The van der Waals surface area contributed by atoms with E-state index in [9.17, 15) is 9.59 Å². The number of aryl methyl sites for hydroxylation is 1. The largest absolute Gasteiger partial charge is 0.477 e. The predicted molar refractivity (Wildman–Crippen MR) is 70.1 cm³/mol. The number of carbonyl (C=O) groups is 2. The molecular weight excluding hydrogens is 258 g/mol. The van der Waals surface area contributed by atoms with E-state index in [1.807, 2.05) is 0 Å². The third-order valence-electron chi connectivity index (χ3n) is 2.64. The van der Waals surface area contributed by atoms with Gasteiger partial charge < -0.3 is 10.4 Å². The van der Waals surface area contributed by atoms with Crippen LogP contribution < -0.4 is 5.32 Å². The minimum Gasteiger partial charge on any atom is -0.477 e. The molecule has 0 saturated carbocycles. The lowest BCUT2D eigenvalue weighted by atomic mass is 10.2. The van der Waals surface area contributed by atoms with Gasteiger partial charge in [-0.3, -0.25) is 4.79 Å². The Kier molecular flexibility index (Phi) is 3.73. The second kappa shape index (κ2) is 5.10. The molecule has 92 valence electrons. The average molecular weight is 271 g/mol. The number of hydrogen-bond donors (Lipinski definition) is 2. The van der Waals surface area contributed by atoms with Crippen molar-refractivity contribution in [1.82, 2.24) is 0 Å². The van der Waals surface area contributed by atoms with Crippen molar-refractivity contribution < 1.29 is 14.7 Å². The Morgan fingerprint density at radius 2 is 2.29 bits per heavy atom. The quantitative estimate of drug-likeness (QED) is 0.886. The highest BCUT2D eigenvalue weighted by Gasteiger charge is 2.25. The number of thiophene rings is 1. The first-order valence-corrected chi connectivity index (χ1v) is 7.26. The molecule has 4 nitrogen and oxygen atoms in total. The molecule has 0 spiro atoms. The Morgan fingerprint density at radius 3 is 2.88 bits per heavy atom. The first-order valence-electron chi connectivity index (χ1n) is 5.33. The van der Waals surface area contributed by atoms with Gasteiger partial charge in [-0.1, -0.05) is 0 Å². The van der Waals surface area contributed by atoms with Gasteiger partial charge in [-0.2, -0.15) is 0 Å². The zero-order chi connectivity index (χ0) is 12.4. The summed E-state index contributed by atoms with van der Waals surface area (Å²) < 4.78 is 0. The second-order valence-corrected chi connectivity index (χ2v) is 6.11. The summed E-state index contributed by atoms with van der Waals surface area (Å²) >= 11 is 2.78. The molecule has 1 aliphatic heterocycles. The first-order chi connectivity index (χ1) is 8.09. The number of amides is 1. The lowest BCUT2D eigenvalue weighted by Gasteiger charge is -2.10. The van der Waals surface area contributed by atoms with Crippen molar-refractivity contribution in [1.29, 1.82) is 0 Å². The molecule has 2 rings (SSSR count). The maximum absolute atomic E-state index is 11.9. The summed E-state index contributed by atoms with van der Waals surface area (Å²) in [5.74, 6) is -0.0547. The number of rotatable bonds is 3. The van der Waals surface area contributed by atoms with Crippen LogP contribution in [0.5, 0.6) is 0 Å². The molecule has 0 aromatic carbocycles. The Bertz CT molecular complexity index is 450. The maximum atomic E-state index is 11.9. The number of nitrogens with one attached hydrogen (secondary N) is 1. The molecule has 1 aromatic heterocycles. The van der Waals surface area contributed by atoms with Crippen LogP contribution in [0.1, 0.15) is 28.1 Å². The van der Waals surface area contributed by atoms with Gasteiger partial charge in [-0.05, 0) is 36.5 Å². The summed E-state index contributed by atoms with van der Waals surface area (Å²) in [6.07, 6.45) is 1.93. The van der Waals surface area contributed by atoms with Crippen molar-refractivity contribution in [3.8, 4) is 0 Å². The van der Waals surface area contributed by atoms with Crippen molar-refractivity contribution in [2.45, 2.75) is 25.0 Å². The lowest BCUT2D eigenvalue weighted by molar-refractivity contribution is -0.115. The van der Waals surface area contributed by atoms with E-state index in [0.717, 1.165) is 35.5 Å². The fourth-order valence-corrected chi connectivity index (χ4v) is 3.75. The second-order valence-electron chi connectivity index (χ2n) is 3.92. The zero-order valence-electron chi connectivity index (χ0n) is 9.36. The van der Waals surface area contributed by atoms with Crippen molar-refractivity contribution in [3.63, 3.8) is 0 Å². The van der Waals surface area contributed by atoms with Crippen LogP contribution in [0.25, 0.3) is 0 Å². The van der Waals surface area contributed by atoms with E-state index in [1.165, 1.54) is 0 Å². The Hall–Kier alpha value is -1.01. The van der Waals surface area contributed by atoms with E-state index >= 15 is 0 Å². The number of thioether (sulfide) groups is 1. The van der Waals surface area contributed by atoms with Crippen molar-refractivity contribution in [3.05, 3.63) is 15.8 Å². The fourth-order valence-electron chi connectivity index (χ4n) is 1.75. The summed E-state index contributed by atoms with van der Waals surface area (Å²) in [6.45, 7) is 1.81. The van der Waals surface area contributed by atoms with Crippen LogP contribution in [0, 0.1) is 6.92 Å². The summed E-state index contributed by atoms with van der Waals surface area (Å²) in [7, 11) is 0. The van der Waals surface area contributed by atoms with E-state index in [-0.39, 0.29) is 16.0 Å². The third kappa shape index (κ3) is 2.63. The summed E-state index contributed by atoms with van der Waals surface area (Å²) in [4.78, 5) is 23.1. The van der Waals surface area contributed by atoms with E-state index in [1.54, 1.807) is 24.1 Å². The van der Waals surface area contributed by atoms with Gasteiger partial charge in [0, 0.05) is 0 Å². The van der Waals surface area contributed by atoms with Crippen molar-refractivity contribution in [2.24, 2.45) is 0 Å². The van der Waals surface area contributed by atoms with Crippen molar-refractivity contribution in [2.75, 3.05) is 11.1 Å². The third-order valence-corrected chi connectivity index (χ3v) is 5.10. The molecule has 6 heteroatoms. The molecule has 2 heterocycles. The highest BCUT2D eigenvalue weighted by Crippen LogP contribution is 2.31. The van der Waals surface area contributed by atoms with Crippen LogP contribution in [-0.4, -0.2) is 28.0 Å². The number of hydrogen-bond acceptors (Lipinski definition) is 4. The van der Waals surface area contributed by atoms with Crippen LogP contribution in [-0.2, 0) is 4.79 Å². The number of carboxylic acids is 1. The predicted octanol–water partition coefficient (Wildman–Crippen LogP) is 2.59. The molecule has 1 saturated heterocycles. The number of carboxylic acid groups (broad SMARTS) is 1. The van der Waals surface area contributed by atoms with Crippen LogP contribution in [0.3, 0.4) is 0 Å². The first kappa shape index (κ1) is 12.4. The number of carbonyl (C=O) groups excluding carboxylic acids is 1. The molecule has 1 fully saturated rings. The van der Waals surface area contributed by atoms with Crippen LogP contribution in [0.2, 0.25) is 0 Å². The zero-order valence-corrected chi connectivity index (χ0v) is 11.0. The van der Waals surface area contributed by atoms with Crippen LogP contribution in [0.15, 0.2) is 5.38 Å². The molecule has 0 radical (unpaired) electrons. The highest BCUT2D eigenvalue weighted by atomic mass is 32.2. The van der Waals surface area contributed by atoms with Gasteiger partial charge >= 0.3 is 5.97 Å². The molecule has 1 aromatic rings. The normalized spacial score (nSPS) is 19.2. The summed E-state index contributed by atoms with van der Waals surface area (Å²) in [5, 5.41) is 13.5. The summed E-state index contributed by atoms with van der Waals surface area (Å²) in [6, 6.07) is 0. The SMILES string of the molecule is Cc1csc(C(=O)O)c1NC(=O)C1CCCS1. The standard InChI is InChI=1S/C11H13NO3S2/c1-6-5-17-9(11(14)15)8(6)12-10(13)7-3-2-4-16-7/h5,7H,2-4H2,1H3,(H,12,13)(H,14,15). The van der Waals surface area contributed by atoms with Crippen molar-refractivity contribution >= 4 is 40.7 Å². The number of anilines is 1. The Balaban J connectivity index is 2.14. The minimum absolute atomic E-state index is 0.0315. The smallest absolute Gasteiger partial charge is 0.348 e.